The van der Waals surface area contributed by atoms with Crippen LogP contribution in [0.5, 0.6) is 0 Å². The van der Waals surface area contributed by atoms with Gasteiger partial charge in [0.2, 0.25) is 11.8 Å². The average Bonchev–Trinajstić information content (AvgIpc) is 3.02. The number of hydrogen-bond donors (Lipinski definition) is 1. The van der Waals surface area contributed by atoms with E-state index in [2.05, 4.69) is 10.2 Å². The first kappa shape index (κ1) is 13.1. The van der Waals surface area contributed by atoms with Gasteiger partial charge in [-0.3, -0.25) is 19.4 Å². The smallest absolute Gasteiger partial charge is 0.247 e. The van der Waals surface area contributed by atoms with E-state index in [-0.39, 0.29) is 23.9 Å². The van der Waals surface area contributed by atoms with Gasteiger partial charge in [0.25, 0.3) is 0 Å². The number of nitrogens with one attached hydrogen (secondary N) is 1. The fourth-order valence-corrected chi connectivity index (χ4v) is 3.30. The molecule has 106 valence electrons. The van der Waals surface area contributed by atoms with Crippen LogP contribution in [0, 0.1) is 0 Å². The molecule has 0 bridgehead atoms. The van der Waals surface area contributed by atoms with E-state index in [1.807, 2.05) is 13.8 Å². The molecule has 2 atom stereocenters. The summed E-state index contributed by atoms with van der Waals surface area (Å²) in [4.78, 5) is 28.0. The molecule has 0 aromatic carbocycles. The zero-order chi connectivity index (χ0) is 13.6. The van der Waals surface area contributed by atoms with Gasteiger partial charge < -0.3 is 5.32 Å². The summed E-state index contributed by atoms with van der Waals surface area (Å²) in [6, 6.07) is 0.840. The molecule has 5 nitrogen and oxygen atoms in total. The van der Waals surface area contributed by atoms with E-state index in [4.69, 9.17) is 0 Å². The van der Waals surface area contributed by atoms with Crippen molar-refractivity contribution in [3.63, 3.8) is 0 Å². The Balaban J connectivity index is 1.56. The molecule has 19 heavy (non-hydrogen) atoms. The second-order valence-electron chi connectivity index (χ2n) is 6.33. The van der Waals surface area contributed by atoms with Crippen LogP contribution in [0.15, 0.2) is 0 Å². The maximum atomic E-state index is 12.2. The Bertz CT molecular complexity index is 392. The first-order valence-electron chi connectivity index (χ1n) is 7.42. The van der Waals surface area contributed by atoms with E-state index in [0.717, 1.165) is 25.6 Å². The summed E-state index contributed by atoms with van der Waals surface area (Å²) in [5, 5.41) is 3.40. The van der Waals surface area contributed by atoms with Gasteiger partial charge in [0, 0.05) is 31.2 Å². The third-order valence-corrected chi connectivity index (χ3v) is 4.42. The lowest BCUT2D eigenvalue weighted by Crippen LogP contribution is -2.46. The number of nitrogens with zero attached hydrogens (tertiary/aromatic N) is 2. The van der Waals surface area contributed by atoms with Gasteiger partial charge in [-0.05, 0) is 33.1 Å². The molecule has 5 heteroatoms. The van der Waals surface area contributed by atoms with Gasteiger partial charge in [-0.25, -0.2) is 0 Å². The molecule has 1 N–H and O–H groups in total. The predicted octanol–water partition coefficient (Wildman–Crippen LogP) is 0.349. The topological polar surface area (TPSA) is 52.7 Å². The maximum absolute atomic E-state index is 12.2. The summed E-state index contributed by atoms with van der Waals surface area (Å²) in [7, 11) is 0. The first-order chi connectivity index (χ1) is 9.06. The summed E-state index contributed by atoms with van der Waals surface area (Å²) in [5.74, 6) is -0.0700. The Labute approximate surface area is 114 Å². The van der Waals surface area contributed by atoms with Crippen molar-refractivity contribution in [3.05, 3.63) is 0 Å². The van der Waals surface area contributed by atoms with Crippen LogP contribution in [0.4, 0.5) is 0 Å². The largest absolute Gasteiger partial charge is 0.301 e. The minimum absolute atomic E-state index is 0.0293. The first-order valence-corrected chi connectivity index (χ1v) is 7.42. The molecule has 0 aromatic rings. The zero-order valence-electron chi connectivity index (χ0n) is 11.8. The van der Waals surface area contributed by atoms with Gasteiger partial charge in [0.1, 0.15) is 0 Å². The fourth-order valence-electron chi connectivity index (χ4n) is 3.30. The van der Waals surface area contributed by atoms with E-state index < -0.39 is 0 Å². The molecule has 0 radical (unpaired) electrons. The SMILES string of the molecule is CC(C)N1C(=O)CC(NC2CCN(C3CC3)C2)C1=O. The molecule has 2 amide bonds. The summed E-state index contributed by atoms with van der Waals surface area (Å²) in [6.07, 6.45) is 4.08. The molecule has 3 rings (SSSR count). The van der Waals surface area contributed by atoms with Crippen LogP contribution in [0.2, 0.25) is 0 Å². The van der Waals surface area contributed by atoms with Crippen molar-refractivity contribution in [1.29, 1.82) is 0 Å². The van der Waals surface area contributed by atoms with E-state index in [1.165, 1.54) is 17.7 Å². The van der Waals surface area contributed by atoms with Crippen molar-refractivity contribution in [3.8, 4) is 0 Å². The predicted molar refractivity (Wildman–Crippen MR) is 71.5 cm³/mol. The number of carbonyl (C=O) groups excluding carboxylic acids is 2. The monoisotopic (exact) mass is 265 g/mol. The normalized spacial score (nSPS) is 32.9. The molecule has 2 saturated heterocycles. The van der Waals surface area contributed by atoms with E-state index in [1.54, 1.807) is 0 Å². The van der Waals surface area contributed by atoms with Gasteiger partial charge in [-0.15, -0.1) is 0 Å². The number of likely N-dealkylation sites (tertiary alicyclic amines) is 2. The summed E-state index contributed by atoms with van der Waals surface area (Å²) < 4.78 is 0. The number of rotatable bonds is 4. The van der Waals surface area contributed by atoms with Gasteiger partial charge in [-0.2, -0.15) is 0 Å². The molecule has 2 heterocycles. The minimum atomic E-state index is -0.293. The Morgan fingerprint density at radius 3 is 2.53 bits per heavy atom. The fraction of sp³-hybridized carbons (Fsp3) is 0.857. The van der Waals surface area contributed by atoms with Crippen LogP contribution in [0.1, 0.15) is 39.5 Å². The molecule has 0 spiro atoms. The molecule has 0 aromatic heterocycles. The van der Waals surface area contributed by atoms with Crippen molar-refractivity contribution in [2.24, 2.45) is 0 Å². The molecule has 3 aliphatic rings. The highest BCUT2D eigenvalue weighted by Crippen LogP contribution is 2.30. The summed E-state index contributed by atoms with van der Waals surface area (Å²) in [6.45, 7) is 5.94. The molecule has 1 aliphatic carbocycles. The van der Waals surface area contributed by atoms with Gasteiger partial charge in [-0.1, -0.05) is 0 Å². The second kappa shape index (κ2) is 4.87. The van der Waals surface area contributed by atoms with Crippen LogP contribution < -0.4 is 5.32 Å². The third kappa shape index (κ3) is 2.54. The van der Waals surface area contributed by atoms with Gasteiger partial charge in [0.05, 0.1) is 12.5 Å². The molecule has 2 aliphatic heterocycles. The molecule has 1 saturated carbocycles. The highest BCUT2D eigenvalue weighted by Gasteiger charge is 2.42. The van der Waals surface area contributed by atoms with Crippen molar-refractivity contribution in [2.75, 3.05) is 13.1 Å². The third-order valence-electron chi connectivity index (χ3n) is 4.42. The van der Waals surface area contributed by atoms with Crippen molar-refractivity contribution in [2.45, 2.75) is 63.7 Å². The Kier molecular flexibility index (Phi) is 3.35. The van der Waals surface area contributed by atoms with Crippen molar-refractivity contribution in [1.82, 2.24) is 15.1 Å². The zero-order valence-corrected chi connectivity index (χ0v) is 11.8. The highest BCUT2D eigenvalue weighted by atomic mass is 16.2. The van der Waals surface area contributed by atoms with Crippen LogP contribution in [0.3, 0.4) is 0 Å². The number of imide groups is 1. The average molecular weight is 265 g/mol. The van der Waals surface area contributed by atoms with Crippen molar-refractivity contribution < 1.29 is 9.59 Å². The summed E-state index contributed by atoms with van der Waals surface area (Å²) >= 11 is 0. The number of carbonyl (C=O) groups is 2. The van der Waals surface area contributed by atoms with Crippen LogP contribution in [0.25, 0.3) is 0 Å². The standard InChI is InChI=1S/C14H23N3O2/c1-9(2)17-13(18)7-12(14(17)19)15-10-5-6-16(8-10)11-3-4-11/h9-12,15H,3-8H2,1-2H3. The van der Waals surface area contributed by atoms with Crippen molar-refractivity contribution >= 4 is 11.8 Å². The van der Waals surface area contributed by atoms with Gasteiger partial charge in [0.15, 0.2) is 0 Å². The molecular formula is C14H23N3O2. The molecule has 3 fully saturated rings. The molecule has 2 unspecified atom stereocenters. The Hall–Kier alpha value is -0.940. The Morgan fingerprint density at radius 1 is 1.21 bits per heavy atom. The van der Waals surface area contributed by atoms with Gasteiger partial charge >= 0.3 is 0 Å². The van der Waals surface area contributed by atoms with E-state index >= 15 is 0 Å². The maximum Gasteiger partial charge on any atom is 0.247 e. The lowest BCUT2D eigenvalue weighted by molar-refractivity contribution is -0.140. The van der Waals surface area contributed by atoms with Crippen LogP contribution >= 0.6 is 0 Å². The summed E-state index contributed by atoms with van der Waals surface area (Å²) in [5.41, 5.74) is 0. The Morgan fingerprint density at radius 2 is 1.95 bits per heavy atom. The second-order valence-corrected chi connectivity index (χ2v) is 6.33. The highest BCUT2D eigenvalue weighted by molar-refractivity contribution is 6.05. The molecular weight excluding hydrogens is 242 g/mol. The lowest BCUT2D eigenvalue weighted by Gasteiger charge is -2.21. The number of hydrogen-bond acceptors (Lipinski definition) is 4. The van der Waals surface area contributed by atoms with Crippen LogP contribution in [-0.2, 0) is 9.59 Å². The van der Waals surface area contributed by atoms with Crippen LogP contribution in [-0.4, -0.2) is 58.9 Å². The van der Waals surface area contributed by atoms with E-state index in [9.17, 15) is 9.59 Å². The minimum Gasteiger partial charge on any atom is -0.301 e. The lowest BCUT2D eigenvalue weighted by atomic mass is 10.2. The van der Waals surface area contributed by atoms with E-state index in [0.29, 0.717) is 12.5 Å². The quantitative estimate of drug-likeness (QED) is 0.745. The number of amides is 2.